The quantitative estimate of drug-likeness (QED) is 0.564. The minimum atomic E-state index is -3.82. The number of nitrogens with zero attached hydrogens (tertiary/aromatic N) is 1. The SMILES string of the molecule is CCN(Cc1cccc(F)c1)C(=O)C(CCSC)NS(=O)(=O)C=Cc1ccccc1. The van der Waals surface area contributed by atoms with Crippen LogP contribution in [0.3, 0.4) is 0 Å². The molecular weight excluding hydrogens is 423 g/mol. The van der Waals surface area contributed by atoms with Crippen molar-refractivity contribution >= 4 is 33.8 Å². The van der Waals surface area contributed by atoms with Gasteiger partial charge in [-0.25, -0.2) is 12.8 Å². The van der Waals surface area contributed by atoms with Gasteiger partial charge in [-0.05, 0) is 54.7 Å². The van der Waals surface area contributed by atoms with E-state index in [1.165, 1.54) is 34.9 Å². The first-order valence-electron chi connectivity index (χ1n) is 9.62. The first kappa shape index (κ1) is 24.1. The lowest BCUT2D eigenvalue weighted by Gasteiger charge is -2.26. The van der Waals surface area contributed by atoms with E-state index in [1.54, 1.807) is 24.3 Å². The Bertz CT molecular complexity index is 950. The van der Waals surface area contributed by atoms with Gasteiger partial charge in [-0.2, -0.15) is 16.5 Å². The molecule has 0 saturated heterocycles. The van der Waals surface area contributed by atoms with Crippen molar-refractivity contribution in [2.75, 3.05) is 18.6 Å². The van der Waals surface area contributed by atoms with Crippen molar-refractivity contribution in [3.8, 4) is 0 Å². The van der Waals surface area contributed by atoms with Gasteiger partial charge in [0.25, 0.3) is 0 Å². The third-order valence-corrected chi connectivity index (χ3v) is 6.16. The molecule has 0 heterocycles. The van der Waals surface area contributed by atoms with Crippen LogP contribution in [-0.2, 0) is 21.4 Å². The van der Waals surface area contributed by atoms with E-state index in [0.717, 1.165) is 11.0 Å². The van der Waals surface area contributed by atoms with Crippen molar-refractivity contribution in [1.82, 2.24) is 9.62 Å². The maximum Gasteiger partial charge on any atom is 0.241 e. The molecule has 5 nitrogen and oxygen atoms in total. The first-order valence-corrected chi connectivity index (χ1v) is 12.6. The number of carbonyl (C=O) groups excluding carboxylic acids is 1. The normalized spacial score (nSPS) is 12.8. The molecule has 0 aliphatic carbocycles. The van der Waals surface area contributed by atoms with E-state index < -0.39 is 16.1 Å². The van der Waals surface area contributed by atoms with Gasteiger partial charge in [-0.1, -0.05) is 42.5 Å². The Morgan fingerprint density at radius 1 is 1.20 bits per heavy atom. The Morgan fingerprint density at radius 2 is 1.93 bits per heavy atom. The summed E-state index contributed by atoms with van der Waals surface area (Å²) in [6, 6.07) is 14.2. The summed E-state index contributed by atoms with van der Waals surface area (Å²) in [4.78, 5) is 14.6. The maximum absolute atomic E-state index is 13.5. The summed E-state index contributed by atoms with van der Waals surface area (Å²) in [7, 11) is -3.82. The number of rotatable bonds is 11. The Morgan fingerprint density at radius 3 is 2.57 bits per heavy atom. The second kappa shape index (κ2) is 11.9. The van der Waals surface area contributed by atoms with Crippen molar-refractivity contribution in [3.05, 3.63) is 76.9 Å². The van der Waals surface area contributed by atoms with Gasteiger partial charge in [-0.15, -0.1) is 0 Å². The number of sulfonamides is 1. The van der Waals surface area contributed by atoms with Crippen LogP contribution in [0.25, 0.3) is 6.08 Å². The van der Waals surface area contributed by atoms with Crippen LogP contribution in [0.2, 0.25) is 0 Å². The van der Waals surface area contributed by atoms with Crippen LogP contribution < -0.4 is 4.72 Å². The average Bonchev–Trinajstić information content (AvgIpc) is 2.74. The highest BCUT2D eigenvalue weighted by Gasteiger charge is 2.27. The zero-order chi connectivity index (χ0) is 22.0. The zero-order valence-corrected chi connectivity index (χ0v) is 18.8. The Balaban J connectivity index is 2.15. The predicted molar refractivity (Wildman–Crippen MR) is 122 cm³/mol. The fourth-order valence-corrected chi connectivity index (χ4v) is 4.36. The van der Waals surface area contributed by atoms with Gasteiger partial charge in [0, 0.05) is 18.5 Å². The second-order valence-electron chi connectivity index (χ2n) is 6.69. The van der Waals surface area contributed by atoms with E-state index in [4.69, 9.17) is 0 Å². The van der Waals surface area contributed by atoms with E-state index in [2.05, 4.69) is 4.72 Å². The van der Waals surface area contributed by atoms with Gasteiger partial charge < -0.3 is 4.90 Å². The molecule has 2 rings (SSSR count). The highest BCUT2D eigenvalue weighted by molar-refractivity contribution is 7.98. The molecule has 0 radical (unpaired) electrons. The van der Waals surface area contributed by atoms with Crippen LogP contribution in [0, 0.1) is 5.82 Å². The van der Waals surface area contributed by atoms with E-state index in [1.807, 2.05) is 31.4 Å². The number of hydrogen-bond acceptors (Lipinski definition) is 4. The molecule has 1 atom stereocenters. The number of likely N-dealkylation sites (N-methyl/N-ethyl adjacent to an activating group) is 1. The molecule has 2 aromatic carbocycles. The monoisotopic (exact) mass is 450 g/mol. The molecule has 30 heavy (non-hydrogen) atoms. The van der Waals surface area contributed by atoms with Crippen LogP contribution in [0.1, 0.15) is 24.5 Å². The van der Waals surface area contributed by atoms with E-state index in [-0.39, 0.29) is 18.3 Å². The molecule has 8 heteroatoms. The molecule has 1 unspecified atom stereocenters. The minimum absolute atomic E-state index is 0.213. The topological polar surface area (TPSA) is 66.5 Å². The summed E-state index contributed by atoms with van der Waals surface area (Å²) in [6.07, 6.45) is 3.75. The summed E-state index contributed by atoms with van der Waals surface area (Å²) < 4.78 is 41.1. The third kappa shape index (κ3) is 7.93. The molecule has 162 valence electrons. The summed E-state index contributed by atoms with van der Waals surface area (Å²) in [5, 5.41) is 1.07. The van der Waals surface area contributed by atoms with Gasteiger partial charge in [0.1, 0.15) is 11.9 Å². The molecule has 0 aliphatic heterocycles. The molecule has 1 amide bonds. The fraction of sp³-hybridized carbons (Fsp3) is 0.318. The lowest BCUT2D eigenvalue weighted by atomic mass is 10.1. The van der Waals surface area contributed by atoms with Crippen LogP contribution in [0.15, 0.2) is 60.0 Å². The van der Waals surface area contributed by atoms with Crippen LogP contribution in [0.5, 0.6) is 0 Å². The predicted octanol–water partition coefficient (Wildman–Crippen LogP) is 3.89. The molecule has 0 bridgehead atoms. The highest BCUT2D eigenvalue weighted by Crippen LogP contribution is 2.12. The van der Waals surface area contributed by atoms with Gasteiger partial charge >= 0.3 is 0 Å². The fourth-order valence-electron chi connectivity index (χ4n) is 2.86. The van der Waals surface area contributed by atoms with Crippen molar-refractivity contribution < 1.29 is 17.6 Å². The highest BCUT2D eigenvalue weighted by atomic mass is 32.2. The maximum atomic E-state index is 13.5. The summed E-state index contributed by atoms with van der Waals surface area (Å²) in [5.41, 5.74) is 1.40. The van der Waals surface area contributed by atoms with E-state index in [9.17, 15) is 17.6 Å². The molecule has 1 N–H and O–H groups in total. The smallest absolute Gasteiger partial charge is 0.241 e. The summed E-state index contributed by atoms with van der Waals surface area (Å²) in [6.45, 7) is 2.41. The Kier molecular flexibility index (Phi) is 9.55. The minimum Gasteiger partial charge on any atom is -0.337 e. The van der Waals surface area contributed by atoms with Gasteiger partial charge in [0.2, 0.25) is 15.9 Å². The molecule has 0 fully saturated rings. The molecule has 0 saturated carbocycles. The number of hydrogen-bond donors (Lipinski definition) is 1. The van der Waals surface area contributed by atoms with E-state index in [0.29, 0.717) is 24.3 Å². The Labute approximate surface area is 182 Å². The third-order valence-electron chi connectivity index (χ3n) is 4.41. The molecule has 0 aromatic heterocycles. The number of nitrogens with one attached hydrogen (secondary N) is 1. The van der Waals surface area contributed by atoms with Crippen LogP contribution >= 0.6 is 11.8 Å². The van der Waals surface area contributed by atoms with Gasteiger partial charge in [0.15, 0.2) is 0 Å². The molecule has 0 aliphatic rings. The number of amides is 1. The lowest BCUT2D eigenvalue weighted by molar-refractivity contribution is -0.133. The summed E-state index contributed by atoms with van der Waals surface area (Å²) in [5.74, 6) is -0.0760. The summed E-state index contributed by atoms with van der Waals surface area (Å²) >= 11 is 1.54. The lowest BCUT2D eigenvalue weighted by Crippen LogP contribution is -2.48. The average molecular weight is 451 g/mol. The van der Waals surface area contributed by atoms with E-state index >= 15 is 0 Å². The van der Waals surface area contributed by atoms with Crippen molar-refractivity contribution in [2.24, 2.45) is 0 Å². The van der Waals surface area contributed by atoms with Gasteiger partial charge in [-0.3, -0.25) is 4.79 Å². The number of carbonyl (C=O) groups is 1. The molecule has 2 aromatic rings. The zero-order valence-electron chi connectivity index (χ0n) is 17.1. The molecular formula is C22H27FN2O3S2. The Hall–Kier alpha value is -2.16. The second-order valence-corrected chi connectivity index (χ2v) is 9.28. The van der Waals surface area contributed by atoms with Gasteiger partial charge in [0.05, 0.1) is 0 Å². The largest absolute Gasteiger partial charge is 0.337 e. The van der Waals surface area contributed by atoms with Crippen molar-refractivity contribution in [1.29, 1.82) is 0 Å². The number of thioether (sulfide) groups is 1. The van der Waals surface area contributed by atoms with Crippen LogP contribution in [-0.4, -0.2) is 43.8 Å². The van der Waals surface area contributed by atoms with Crippen molar-refractivity contribution in [3.63, 3.8) is 0 Å². The van der Waals surface area contributed by atoms with Crippen molar-refractivity contribution in [2.45, 2.75) is 25.9 Å². The molecule has 0 spiro atoms. The standard InChI is InChI=1S/C22H27FN2O3S2/c1-3-25(17-19-10-7-11-20(23)16-19)22(26)21(12-14-29-2)24-30(27,28)15-13-18-8-5-4-6-9-18/h4-11,13,15-16,21,24H,3,12,14,17H2,1-2H3. The first-order chi connectivity index (χ1) is 14.3. The number of benzene rings is 2. The van der Waals surface area contributed by atoms with Crippen LogP contribution in [0.4, 0.5) is 4.39 Å². The number of halogens is 1.